The van der Waals surface area contributed by atoms with E-state index in [0.29, 0.717) is 33.4 Å². The number of benzene rings is 3. The summed E-state index contributed by atoms with van der Waals surface area (Å²) in [5, 5.41) is 17.0. The van der Waals surface area contributed by atoms with Crippen LogP contribution in [0, 0.1) is 6.92 Å². The SMILES string of the molecule is COc1ccc(OC)c(/C=C(\NC(=O)c2ccccc2)C(=O)Nc2ccc(SC(C)C(=O)Nc3nnc(C)s3)cc2)c1. The molecule has 0 aliphatic carbocycles. The normalized spacial score (nSPS) is 11.8. The molecule has 3 aromatic carbocycles. The van der Waals surface area contributed by atoms with Gasteiger partial charge in [-0.2, -0.15) is 0 Å². The maximum absolute atomic E-state index is 13.4. The lowest BCUT2D eigenvalue weighted by molar-refractivity contribution is -0.115. The molecule has 0 radical (unpaired) electrons. The van der Waals surface area contributed by atoms with Crippen LogP contribution in [0.1, 0.15) is 27.9 Å². The number of ether oxygens (including phenoxy) is 2. The Kier molecular flexibility index (Phi) is 10.3. The van der Waals surface area contributed by atoms with E-state index in [9.17, 15) is 14.4 Å². The zero-order valence-corrected chi connectivity index (χ0v) is 25.0. The fourth-order valence-corrected chi connectivity index (χ4v) is 5.14. The lowest BCUT2D eigenvalue weighted by Crippen LogP contribution is -2.30. The van der Waals surface area contributed by atoms with E-state index in [1.807, 2.05) is 6.92 Å². The van der Waals surface area contributed by atoms with Gasteiger partial charge < -0.3 is 20.1 Å². The standard InChI is InChI=1S/C30H29N5O5S2/c1-18(27(36)33-30-35-34-19(2)42-30)41-24-13-10-22(11-14-24)31-29(38)25(32-28(37)20-8-6-5-7-9-20)17-21-16-23(39-3)12-15-26(21)40-4/h5-18H,1-4H3,(H,31,38)(H,32,37)(H,33,35,36)/b25-17-. The quantitative estimate of drug-likeness (QED) is 0.154. The number of nitrogens with one attached hydrogen (secondary N) is 3. The van der Waals surface area contributed by atoms with Gasteiger partial charge in [0, 0.05) is 21.7 Å². The first-order valence-corrected chi connectivity index (χ1v) is 14.4. The summed E-state index contributed by atoms with van der Waals surface area (Å²) in [6.45, 7) is 3.61. The van der Waals surface area contributed by atoms with E-state index in [4.69, 9.17) is 9.47 Å². The van der Waals surface area contributed by atoms with E-state index in [0.717, 1.165) is 9.90 Å². The third-order valence-corrected chi connectivity index (χ3v) is 7.68. The number of carbonyl (C=O) groups is 3. The third-order valence-electron chi connectivity index (χ3n) is 5.82. The number of hydrogen-bond acceptors (Lipinski definition) is 9. The van der Waals surface area contributed by atoms with Gasteiger partial charge in [0.25, 0.3) is 11.8 Å². The fourth-order valence-electron chi connectivity index (χ4n) is 3.68. The number of rotatable bonds is 11. The molecule has 3 N–H and O–H groups in total. The number of methoxy groups -OCH3 is 2. The molecule has 1 heterocycles. The van der Waals surface area contributed by atoms with Crippen LogP contribution in [0.25, 0.3) is 6.08 Å². The van der Waals surface area contributed by atoms with E-state index in [1.54, 1.807) is 79.7 Å². The Morgan fingerprint density at radius 1 is 0.929 bits per heavy atom. The molecule has 216 valence electrons. The summed E-state index contributed by atoms with van der Waals surface area (Å²) < 4.78 is 10.8. The number of aryl methyl sites for hydroxylation is 1. The predicted octanol–water partition coefficient (Wildman–Crippen LogP) is 5.39. The highest BCUT2D eigenvalue weighted by Crippen LogP contribution is 2.28. The fraction of sp³-hybridized carbons (Fsp3) is 0.167. The Hall–Kier alpha value is -4.68. The highest BCUT2D eigenvalue weighted by molar-refractivity contribution is 8.00. The molecule has 0 bridgehead atoms. The second-order valence-corrected chi connectivity index (χ2v) is 11.4. The highest BCUT2D eigenvalue weighted by atomic mass is 32.2. The van der Waals surface area contributed by atoms with Crippen molar-refractivity contribution in [2.75, 3.05) is 24.9 Å². The summed E-state index contributed by atoms with van der Waals surface area (Å²) in [7, 11) is 3.05. The smallest absolute Gasteiger partial charge is 0.272 e. The van der Waals surface area contributed by atoms with Gasteiger partial charge in [0.1, 0.15) is 22.2 Å². The lowest BCUT2D eigenvalue weighted by atomic mass is 10.1. The van der Waals surface area contributed by atoms with Crippen LogP contribution in [0.3, 0.4) is 0 Å². The van der Waals surface area contributed by atoms with E-state index < -0.39 is 17.1 Å². The number of hydrogen-bond donors (Lipinski definition) is 3. The first-order valence-electron chi connectivity index (χ1n) is 12.7. The van der Waals surface area contributed by atoms with Gasteiger partial charge in [-0.15, -0.1) is 22.0 Å². The highest BCUT2D eigenvalue weighted by Gasteiger charge is 2.18. The average Bonchev–Trinajstić information content (AvgIpc) is 3.42. The summed E-state index contributed by atoms with van der Waals surface area (Å²) in [4.78, 5) is 39.8. The zero-order chi connectivity index (χ0) is 30.1. The number of carbonyl (C=O) groups excluding carboxylic acids is 3. The summed E-state index contributed by atoms with van der Waals surface area (Å²) in [6.07, 6.45) is 1.53. The lowest BCUT2D eigenvalue weighted by Gasteiger charge is -2.14. The number of anilines is 2. The molecule has 1 unspecified atom stereocenters. The van der Waals surface area contributed by atoms with Gasteiger partial charge in [-0.05, 0) is 74.5 Å². The number of nitrogens with zero attached hydrogens (tertiary/aromatic N) is 2. The van der Waals surface area contributed by atoms with Crippen LogP contribution in [-0.2, 0) is 9.59 Å². The van der Waals surface area contributed by atoms with E-state index >= 15 is 0 Å². The van der Waals surface area contributed by atoms with Crippen molar-refractivity contribution in [2.24, 2.45) is 0 Å². The molecule has 42 heavy (non-hydrogen) atoms. The van der Waals surface area contributed by atoms with Crippen LogP contribution in [0.4, 0.5) is 10.8 Å². The number of thioether (sulfide) groups is 1. The summed E-state index contributed by atoms with van der Waals surface area (Å²) in [5.41, 5.74) is 1.45. The molecule has 3 amide bonds. The predicted molar refractivity (Wildman–Crippen MR) is 165 cm³/mol. The van der Waals surface area contributed by atoms with Crippen molar-refractivity contribution in [3.05, 3.63) is 94.6 Å². The van der Waals surface area contributed by atoms with Crippen LogP contribution in [0.15, 0.2) is 83.4 Å². The Labute approximate surface area is 251 Å². The maximum atomic E-state index is 13.4. The summed E-state index contributed by atoms with van der Waals surface area (Å²) in [5.74, 6) is -0.113. The largest absolute Gasteiger partial charge is 0.497 e. The van der Waals surface area contributed by atoms with Crippen LogP contribution in [-0.4, -0.2) is 47.4 Å². The van der Waals surface area contributed by atoms with Gasteiger partial charge in [-0.1, -0.05) is 29.5 Å². The molecule has 0 aliphatic heterocycles. The molecule has 1 aromatic heterocycles. The van der Waals surface area contributed by atoms with Crippen LogP contribution < -0.4 is 25.4 Å². The third kappa shape index (κ3) is 8.18. The van der Waals surface area contributed by atoms with Crippen molar-refractivity contribution in [3.63, 3.8) is 0 Å². The number of aromatic nitrogens is 2. The zero-order valence-electron chi connectivity index (χ0n) is 23.3. The van der Waals surface area contributed by atoms with Crippen molar-refractivity contribution in [1.29, 1.82) is 0 Å². The van der Waals surface area contributed by atoms with Gasteiger partial charge in [0.05, 0.1) is 19.5 Å². The van der Waals surface area contributed by atoms with Crippen molar-refractivity contribution < 1.29 is 23.9 Å². The van der Waals surface area contributed by atoms with Crippen molar-refractivity contribution >= 4 is 57.7 Å². The van der Waals surface area contributed by atoms with E-state index in [1.165, 1.54) is 43.4 Å². The molecule has 0 spiro atoms. The maximum Gasteiger partial charge on any atom is 0.272 e. The molecule has 0 saturated heterocycles. The molecule has 0 aliphatic rings. The monoisotopic (exact) mass is 603 g/mol. The molecule has 1 atom stereocenters. The van der Waals surface area contributed by atoms with Crippen molar-refractivity contribution in [2.45, 2.75) is 24.0 Å². The number of amides is 3. The molecule has 0 fully saturated rings. The molecule has 4 aromatic rings. The van der Waals surface area contributed by atoms with Gasteiger partial charge in [-0.25, -0.2) is 0 Å². The van der Waals surface area contributed by atoms with E-state index in [2.05, 4.69) is 26.1 Å². The van der Waals surface area contributed by atoms with Gasteiger partial charge in [0.2, 0.25) is 11.0 Å². The first-order chi connectivity index (χ1) is 20.2. The van der Waals surface area contributed by atoms with Gasteiger partial charge in [-0.3, -0.25) is 19.7 Å². The summed E-state index contributed by atoms with van der Waals surface area (Å²) >= 11 is 2.67. The topological polar surface area (TPSA) is 132 Å². The molecular formula is C30H29N5O5S2. The first kappa shape index (κ1) is 30.3. The minimum absolute atomic E-state index is 0.00561. The minimum Gasteiger partial charge on any atom is -0.497 e. The van der Waals surface area contributed by atoms with Crippen LogP contribution >= 0.6 is 23.1 Å². The second kappa shape index (κ2) is 14.3. The average molecular weight is 604 g/mol. The van der Waals surface area contributed by atoms with Gasteiger partial charge in [0.15, 0.2) is 0 Å². The van der Waals surface area contributed by atoms with Crippen molar-refractivity contribution in [1.82, 2.24) is 15.5 Å². The summed E-state index contributed by atoms with van der Waals surface area (Å²) in [6, 6.07) is 20.8. The molecular weight excluding hydrogens is 574 g/mol. The Bertz CT molecular complexity index is 1590. The Balaban J connectivity index is 1.50. The van der Waals surface area contributed by atoms with Crippen molar-refractivity contribution in [3.8, 4) is 11.5 Å². The van der Waals surface area contributed by atoms with Gasteiger partial charge >= 0.3 is 0 Å². The second-order valence-electron chi connectivity index (χ2n) is 8.84. The van der Waals surface area contributed by atoms with E-state index in [-0.39, 0.29) is 11.6 Å². The molecule has 4 rings (SSSR count). The molecule has 12 heteroatoms. The Morgan fingerprint density at radius 3 is 2.31 bits per heavy atom. The molecule has 0 saturated carbocycles. The van der Waals surface area contributed by atoms with Crippen LogP contribution in [0.2, 0.25) is 0 Å². The Morgan fingerprint density at radius 2 is 1.67 bits per heavy atom. The minimum atomic E-state index is -0.537. The molecule has 10 nitrogen and oxygen atoms in total. The van der Waals surface area contributed by atoms with Crippen LogP contribution in [0.5, 0.6) is 11.5 Å².